The zero-order valence-electron chi connectivity index (χ0n) is 36.1. The molecule has 28 heteroatoms. The van der Waals surface area contributed by atoms with E-state index in [2.05, 4.69) is 41.3 Å². The van der Waals surface area contributed by atoms with E-state index in [1.807, 2.05) is 0 Å². The standard InChI is InChI=1S/C40H46Cl2N12O14/c1-2-54-26-15-28-27(67-21-68-28)14-24(26)35(63)34(50-54)36(64)44-8-7-43-29(55)16-52(19-32(59)60)11-9-51(18-31(57)58)10-12-53(20-33(61)62)17-30(56)46-25(37(65)66)13-22-3-5-23(6-4-22)45-40-48-38(41)47-39(42)49-40/h3-6,14-15,25H,2,7-13,16-21H2,1H3,(H,43,55)(H,44,64)(H,46,56)(H,57,58)(H,59,60)(H,61,62)(H,65,66)(H,45,47,48,49)/t25-/m0/s1. The third-order valence-electron chi connectivity index (χ3n) is 9.84. The van der Waals surface area contributed by atoms with Gasteiger partial charge in [0, 0.05) is 64.0 Å². The number of carboxylic acids is 4. The second-order valence-electron chi connectivity index (χ2n) is 14.9. The van der Waals surface area contributed by atoms with Crippen molar-refractivity contribution in [1.29, 1.82) is 0 Å². The number of halogens is 2. The van der Waals surface area contributed by atoms with Crippen molar-refractivity contribution in [3.8, 4) is 11.5 Å². The predicted octanol–water partition coefficient (Wildman–Crippen LogP) is -0.802. The lowest BCUT2D eigenvalue weighted by molar-refractivity contribution is -0.143. The minimum Gasteiger partial charge on any atom is -0.480 e. The Morgan fingerprint density at radius 1 is 0.735 bits per heavy atom. The molecule has 4 aromatic rings. The second kappa shape index (κ2) is 24.5. The maximum atomic E-state index is 13.2. The Hall–Kier alpha value is -7.26. The molecule has 0 radical (unpaired) electrons. The van der Waals surface area contributed by atoms with Gasteiger partial charge in [-0.2, -0.15) is 20.1 Å². The van der Waals surface area contributed by atoms with Gasteiger partial charge in [0.1, 0.15) is 6.04 Å². The first kappa shape index (κ1) is 51.7. The first-order chi connectivity index (χ1) is 32.4. The van der Waals surface area contributed by atoms with Gasteiger partial charge in [-0.3, -0.25) is 52.9 Å². The van der Waals surface area contributed by atoms with Gasteiger partial charge in [0.2, 0.25) is 40.6 Å². The topological polar surface area (TPSA) is 350 Å². The molecule has 0 aliphatic carbocycles. The highest BCUT2D eigenvalue weighted by Crippen LogP contribution is 2.35. The summed E-state index contributed by atoms with van der Waals surface area (Å²) in [5.41, 5.74) is 0.427. The van der Waals surface area contributed by atoms with Crippen molar-refractivity contribution >= 4 is 87.3 Å². The minimum absolute atomic E-state index is 0.0193. The molecule has 68 heavy (non-hydrogen) atoms. The molecule has 0 spiro atoms. The fourth-order valence-electron chi connectivity index (χ4n) is 6.74. The van der Waals surface area contributed by atoms with Crippen LogP contribution in [0.25, 0.3) is 10.9 Å². The predicted molar refractivity (Wildman–Crippen MR) is 238 cm³/mol. The molecule has 2 aromatic carbocycles. The van der Waals surface area contributed by atoms with Crippen LogP contribution in [0.3, 0.4) is 0 Å². The summed E-state index contributed by atoms with van der Waals surface area (Å²) in [7, 11) is 0. The van der Waals surface area contributed by atoms with E-state index in [4.69, 9.17) is 32.7 Å². The van der Waals surface area contributed by atoms with Crippen LogP contribution in [0.4, 0.5) is 11.6 Å². The second-order valence-corrected chi connectivity index (χ2v) is 15.6. The lowest BCUT2D eigenvalue weighted by atomic mass is 10.1. The molecular weight excluding hydrogens is 943 g/mol. The summed E-state index contributed by atoms with van der Waals surface area (Å²) in [4.78, 5) is 115. The molecule has 1 aliphatic heterocycles. The van der Waals surface area contributed by atoms with Gasteiger partial charge < -0.3 is 51.2 Å². The number of benzene rings is 2. The Balaban J connectivity index is 1.11. The number of aliphatic carboxylic acids is 4. The summed E-state index contributed by atoms with van der Waals surface area (Å²) in [5.74, 6) is -6.68. The fourth-order valence-corrected chi connectivity index (χ4v) is 7.10. The van der Waals surface area contributed by atoms with Gasteiger partial charge in [0.05, 0.1) is 43.6 Å². The lowest BCUT2D eigenvalue weighted by Crippen LogP contribution is -2.49. The van der Waals surface area contributed by atoms with E-state index in [1.54, 1.807) is 37.3 Å². The molecular formula is C40H46Cl2N12O14. The number of anilines is 2. The first-order valence-electron chi connectivity index (χ1n) is 20.5. The van der Waals surface area contributed by atoms with E-state index in [-0.39, 0.29) is 80.1 Å². The number of rotatable bonds is 27. The lowest BCUT2D eigenvalue weighted by Gasteiger charge is -2.28. The van der Waals surface area contributed by atoms with Crippen LogP contribution in [-0.2, 0) is 41.7 Å². The van der Waals surface area contributed by atoms with Gasteiger partial charge >= 0.3 is 23.9 Å². The summed E-state index contributed by atoms with van der Waals surface area (Å²) in [6.45, 7) is -1.64. The van der Waals surface area contributed by atoms with Gasteiger partial charge in [0.25, 0.3) is 5.91 Å². The summed E-state index contributed by atoms with van der Waals surface area (Å²) in [6, 6.07) is 8.02. The molecule has 0 fully saturated rings. The van der Waals surface area contributed by atoms with Crippen LogP contribution in [0.2, 0.25) is 10.6 Å². The van der Waals surface area contributed by atoms with Gasteiger partial charge in [-0.15, -0.1) is 0 Å². The number of ether oxygens (including phenoxy) is 2. The van der Waals surface area contributed by atoms with Gasteiger partial charge in [-0.1, -0.05) is 12.1 Å². The molecule has 3 amide bonds. The maximum absolute atomic E-state index is 13.2. The van der Waals surface area contributed by atoms with E-state index in [0.29, 0.717) is 34.8 Å². The number of aryl methyl sites for hydroxylation is 1. The quantitative estimate of drug-likeness (QED) is 0.0339. The SMILES string of the molecule is CCn1nc(C(=O)NCCNC(=O)CN(CCN(CCN(CC(=O)O)CC(=O)N[C@@H](Cc2ccc(Nc3nc(Cl)nc(Cl)n3)cc2)C(=O)O)CC(=O)O)CC(=O)O)c(=O)c2cc3c(cc21)OCO3. The molecule has 0 saturated heterocycles. The number of fused-ring (bicyclic) bond motifs is 2. The van der Waals surface area contributed by atoms with Crippen LogP contribution < -0.4 is 36.2 Å². The van der Waals surface area contributed by atoms with Crippen molar-refractivity contribution in [2.45, 2.75) is 25.9 Å². The van der Waals surface area contributed by atoms with Crippen molar-refractivity contribution in [2.24, 2.45) is 0 Å². The highest BCUT2D eigenvalue weighted by molar-refractivity contribution is 6.31. The Labute approximate surface area is 395 Å². The molecule has 1 atom stereocenters. The number of hydrogen-bond donors (Lipinski definition) is 8. The minimum atomic E-state index is -1.42. The summed E-state index contributed by atoms with van der Waals surface area (Å²) < 4.78 is 12.2. The molecule has 3 heterocycles. The van der Waals surface area contributed by atoms with Crippen LogP contribution >= 0.6 is 23.2 Å². The number of amides is 3. The monoisotopic (exact) mass is 988 g/mol. The van der Waals surface area contributed by atoms with Crippen molar-refractivity contribution in [3.63, 3.8) is 0 Å². The Morgan fingerprint density at radius 3 is 1.85 bits per heavy atom. The van der Waals surface area contributed by atoms with Gasteiger partial charge in [0.15, 0.2) is 17.2 Å². The fraction of sp³-hybridized carbons (Fsp3) is 0.400. The zero-order chi connectivity index (χ0) is 49.5. The molecule has 0 bridgehead atoms. The number of aromatic nitrogens is 5. The third kappa shape index (κ3) is 15.7. The smallest absolute Gasteiger partial charge is 0.326 e. The largest absolute Gasteiger partial charge is 0.480 e. The Morgan fingerprint density at radius 2 is 1.28 bits per heavy atom. The first-order valence-corrected chi connectivity index (χ1v) is 21.3. The number of hydrogen-bond acceptors (Lipinski definition) is 18. The number of carbonyl (C=O) groups is 7. The average Bonchev–Trinajstić information content (AvgIpc) is 3.73. The van der Waals surface area contributed by atoms with E-state index < -0.39 is 85.8 Å². The number of nitrogens with one attached hydrogen (secondary N) is 4. The molecule has 0 unspecified atom stereocenters. The number of carbonyl (C=O) groups excluding carboxylic acids is 3. The number of carboxylic acid groups (broad SMARTS) is 4. The molecule has 5 rings (SSSR count). The highest BCUT2D eigenvalue weighted by Gasteiger charge is 2.25. The number of nitrogens with zero attached hydrogens (tertiary/aromatic N) is 8. The summed E-state index contributed by atoms with van der Waals surface area (Å²) in [5, 5.41) is 53.0. The molecule has 2 aromatic heterocycles. The summed E-state index contributed by atoms with van der Waals surface area (Å²) >= 11 is 11.6. The molecule has 1 aliphatic rings. The van der Waals surface area contributed by atoms with E-state index >= 15 is 0 Å². The zero-order valence-corrected chi connectivity index (χ0v) is 37.7. The Kier molecular flexibility index (Phi) is 18.6. The van der Waals surface area contributed by atoms with Gasteiger partial charge in [-0.05, 0) is 53.9 Å². The molecule has 0 saturated carbocycles. The van der Waals surface area contributed by atoms with Crippen LogP contribution in [0.5, 0.6) is 11.5 Å². The van der Waals surface area contributed by atoms with Crippen LogP contribution in [-0.4, -0.2) is 186 Å². The highest BCUT2D eigenvalue weighted by atomic mass is 35.5. The summed E-state index contributed by atoms with van der Waals surface area (Å²) in [6.07, 6.45) is -0.154. The Bertz CT molecular complexity index is 2570. The van der Waals surface area contributed by atoms with Crippen LogP contribution in [0.1, 0.15) is 23.0 Å². The molecule has 26 nitrogen and oxygen atoms in total. The van der Waals surface area contributed by atoms with Gasteiger partial charge in [-0.25, -0.2) is 4.79 Å². The van der Waals surface area contributed by atoms with Crippen LogP contribution in [0, 0.1) is 0 Å². The average molecular weight is 990 g/mol. The van der Waals surface area contributed by atoms with E-state index in [9.17, 15) is 58.8 Å². The van der Waals surface area contributed by atoms with Crippen molar-refractivity contribution in [1.82, 2.24) is 55.4 Å². The third-order valence-corrected chi connectivity index (χ3v) is 10.2. The van der Waals surface area contributed by atoms with E-state index in [1.165, 1.54) is 20.5 Å². The van der Waals surface area contributed by atoms with Crippen molar-refractivity contribution in [3.05, 3.63) is 68.4 Å². The molecule has 8 N–H and O–H groups in total. The van der Waals surface area contributed by atoms with Crippen LogP contribution in [0.15, 0.2) is 41.2 Å². The van der Waals surface area contributed by atoms with Crippen molar-refractivity contribution in [2.75, 3.05) is 84.1 Å². The van der Waals surface area contributed by atoms with E-state index in [0.717, 1.165) is 4.90 Å². The normalized spacial score (nSPS) is 12.3. The van der Waals surface area contributed by atoms with Crippen molar-refractivity contribution < 1.29 is 63.5 Å². The maximum Gasteiger partial charge on any atom is 0.326 e. The molecule has 364 valence electrons.